The average molecular weight is 395 g/mol. The zero-order chi connectivity index (χ0) is 20.8. The number of ketones is 1. The molecule has 0 saturated heterocycles. The maximum atomic E-state index is 13.2. The van der Waals surface area contributed by atoms with Gasteiger partial charge in [-0.3, -0.25) is 9.79 Å². The van der Waals surface area contributed by atoms with Crippen LogP contribution in [0.5, 0.6) is 0 Å². The molecule has 0 unspecified atom stereocenters. The number of hydrogen-bond donors (Lipinski definition) is 0. The van der Waals surface area contributed by atoms with Gasteiger partial charge in [0.05, 0.1) is 5.69 Å². The van der Waals surface area contributed by atoms with Gasteiger partial charge in [-0.1, -0.05) is 50.3 Å². The lowest BCUT2D eigenvalue weighted by Gasteiger charge is -2.31. The zero-order valence-electron chi connectivity index (χ0n) is 17.2. The lowest BCUT2D eigenvalue weighted by molar-refractivity contribution is -0.297. The van der Waals surface area contributed by atoms with E-state index in [4.69, 9.17) is 0 Å². The third-order valence-corrected chi connectivity index (χ3v) is 6.08. The van der Waals surface area contributed by atoms with Gasteiger partial charge in [-0.2, -0.15) is 0 Å². The molecule has 1 aliphatic heterocycles. The molecule has 3 aromatic rings. The van der Waals surface area contributed by atoms with Crippen molar-refractivity contribution in [3.05, 3.63) is 76.7 Å². The molecule has 0 bridgehead atoms. The molecular formula is C26H23N2O2-. The Kier molecular flexibility index (Phi) is 4.43. The Morgan fingerprint density at radius 2 is 1.87 bits per heavy atom. The molecule has 1 aliphatic carbocycles. The van der Waals surface area contributed by atoms with Gasteiger partial charge in [0.2, 0.25) is 0 Å². The summed E-state index contributed by atoms with van der Waals surface area (Å²) in [5.74, 6) is -0.343. The molecule has 30 heavy (non-hydrogen) atoms. The highest BCUT2D eigenvalue weighted by molar-refractivity contribution is 6.45. The van der Waals surface area contributed by atoms with Gasteiger partial charge in [0.15, 0.2) is 5.78 Å². The number of carbonyl (C=O) groups excluding carboxylic acids is 1. The summed E-state index contributed by atoms with van der Waals surface area (Å²) < 4.78 is 2.18. The number of aromatic nitrogens is 1. The van der Waals surface area contributed by atoms with Gasteiger partial charge in [0.25, 0.3) is 0 Å². The van der Waals surface area contributed by atoms with Gasteiger partial charge in [-0.25, -0.2) is 0 Å². The first-order valence-corrected chi connectivity index (χ1v) is 10.6. The summed E-state index contributed by atoms with van der Waals surface area (Å²) >= 11 is 0. The molecule has 2 aliphatic rings. The van der Waals surface area contributed by atoms with Crippen molar-refractivity contribution < 1.29 is 9.90 Å². The highest BCUT2D eigenvalue weighted by atomic mass is 16.3. The Balaban J connectivity index is 1.67. The summed E-state index contributed by atoms with van der Waals surface area (Å²) in [6, 6.07) is 14.0. The van der Waals surface area contributed by atoms with Crippen molar-refractivity contribution >= 4 is 39.7 Å². The molecule has 0 spiro atoms. The summed E-state index contributed by atoms with van der Waals surface area (Å²) in [7, 11) is 0. The number of nitrogens with zero attached hydrogens (tertiary/aromatic N) is 2. The maximum absolute atomic E-state index is 13.2. The topological polar surface area (TPSA) is 57.4 Å². The number of aryl methyl sites for hydroxylation is 2. The van der Waals surface area contributed by atoms with Crippen LogP contribution in [-0.2, 0) is 17.8 Å². The van der Waals surface area contributed by atoms with E-state index in [2.05, 4.69) is 41.6 Å². The first-order valence-electron chi connectivity index (χ1n) is 10.6. The van der Waals surface area contributed by atoms with E-state index in [9.17, 15) is 9.90 Å². The highest BCUT2D eigenvalue weighted by Crippen LogP contribution is 2.44. The second kappa shape index (κ2) is 7.13. The monoisotopic (exact) mass is 395 g/mol. The van der Waals surface area contributed by atoms with Crippen molar-refractivity contribution in [3.63, 3.8) is 0 Å². The van der Waals surface area contributed by atoms with Crippen molar-refractivity contribution in [1.82, 2.24) is 4.57 Å². The van der Waals surface area contributed by atoms with Crippen molar-refractivity contribution in [1.29, 1.82) is 0 Å². The van der Waals surface area contributed by atoms with Crippen LogP contribution in [-0.4, -0.2) is 16.6 Å². The fraction of sp³-hybridized carbons (Fsp3) is 0.231. The highest BCUT2D eigenvalue weighted by Gasteiger charge is 2.34. The Hall–Kier alpha value is -3.40. The largest absolute Gasteiger partial charge is 0.871 e. The number of hydrogen-bond acceptors (Lipinski definition) is 3. The van der Waals surface area contributed by atoms with Gasteiger partial charge >= 0.3 is 0 Å². The van der Waals surface area contributed by atoms with Crippen LogP contribution >= 0.6 is 0 Å². The number of allylic oxidation sites excluding steroid dienone is 3. The second-order valence-electron chi connectivity index (χ2n) is 7.89. The Morgan fingerprint density at radius 1 is 1.03 bits per heavy atom. The lowest BCUT2D eigenvalue weighted by Crippen LogP contribution is -2.30. The van der Waals surface area contributed by atoms with Crippen LogP contribution in [0.1, 0.15) is 43.4 Å². The molecular weight excluding hydrogens is 372 g/mol. The molecule has 5 rings (SSSR count). The molecule has 0 atom stereocenters. The van der Waals surface area contributed by atoms with E-state index in [1.165, 1.54) is 5.56 Å². The molecule has 2 aromatic carbocycles. The number of aliphatic imine (C=N–C) groups is 1. The maximum Gasteiger partial charge on any atom is 0.193 e. The smallest absolute Gasteiger partial charge is 0.193 e. The Morgan fingerprint density at radius 3 is 2.63 bits per heavy atom. The molecule has 0 amide bonds. The summed E-state index contributed by atoms with van der Waals surface area (Å²) in [6.07, 6.45) is 6.69. The van der Waals surface area contributed by atoms with E-state index in [1.807, 2.05) is 30.5 Å². The predicted octanol–water partition coefficient (Wildman–Crippen LogP) is 4.83. The quantitative estimate of drug-likeness (QED) is 0.581. The average Bonchev–Trinajstić information content (AvgIpc) is 3.34. The third-order valence-electron chi connectivity index (χ3n) is 6.08. The van der Waals surface area contributed by atoms with Gasteiger partial charge in [-0.15, -0.1) is 0 Å². The fourth-order valence-corrected chi connectivity index (χ4v) is 4.38. The number of rotatable bonds is 5. The first kappa shape index (κ1) is 18.6. The summed E-state index contributed by atoms with van der Waals surface area (Å²) in [6.45, 7) is 5.15. The number of para-hydroxylation sites is 1. The number of benzene rings is 2. The van der Waals surface area contributed by atoms with Crippen LogP contribution in [0.15, 0.2) is 65.0 Å². The number of unbranched alkanes of at least 4 members (excludes halogenated alkanes) is 1. The van der Waals surface area contributed by atoms with E-state index in [0.29, 0.717) is 11.1 Å². The normalized spacial score (nSPS) is 17.7. The van der Waals surface area contributed by atoms with Gasteiger partial charge in [0.1, 0.15) is 0 Å². The van der Waals surface area contributed by atoms with Crippen LogP contribution in [0.25, 0.3) is 22.0 Å². The van der Waals surface area contributed by atoms with Gasteiger partial charge < -0.3 is 9.67 Å². The summed E-state index contributed by atoms with van der Waals surface area (Å²) in [5, 5.41) is 14.2. The van der Waals surface area contributed by atoms with Crippen molar-refractivity contribution in [3.8, 4) is 0 Å². The van der Waals surface area contributed by atoms with Gasteiger partial charge in [-0.05, 0) is 36.6 Å². The number of Topliss-reactive ketones (excluding diaryl/α,β-unsaturated/α-hetero) is 1. The summed E-state index contributed by atoms with van der Waals surface area (Å²) in [4.78, 5) is 17.6. The second-order valence-corrected chi connectivity index (χ2v) is 7.89. The molecule has 150 valence electrons. The standard InChI is InChI=1S/C26H24N2O2/c1-3-5-12-28-15-20(18-13-16(4-2)10-11-22(18)28)24-25(29)23(26(24)30)19-14-27-21-9-7-6-8-17(19)21/h6-11,13-15,29H,3-5,12H2,1-2H3/p-1/b23-19+. The molecule has 0 radical (unpaired) electrons. The minimum absolute atomic E-state index is 0.172. The molecule has 4 nitrogen and oxygen atoms in total. The van der Waals surface area contributed by atoms with E-state index < -0.39 is 0 Å². The van der Waals surface area contributed by atoms with E-state index in [0.717, 1.165) is 53.5 Å². The van der Waals surface area contributed by atoms with Crippen LogP contribution in [0.4, 0.5) is 5.69 Å². The van der Waals surface area contributed by atoms with Crippen molar-refractivity contribution in [2.24, 2.45) is 4.99 Å². The minimum atomic E-state index is -0.172. The van der Waals surface area contributed by atoms with Crippen LogP contribution < -0.4 is 5.11 Å². The lowest BCUT2D eigenvalue weighted by atomic mass is 9.79. The predicted molar refractivity (Wildman–Crippen MR) is 120 cm³/mol. The summed E-state index contributed by atoms with van der Waals surface area (Å²) in [5.41, 5.74) is 5.92. The van der Waals surface area contributed by atoms with E-state index in [1.54, 1.807) is 6.21 Å². The number of carbonyl (C=O) groups is 1. The van der Waals surface area contributed by atoms with E-state index >= 15 is 0 Å². The minimum Gasteiger partial charge on any atom is -0.871 e. The SMILES string of the molecule is CCCCn1cc(C2=C([O-])/C(=C3/C=Nc4ccccc43)C2=O)c2cc(CC)ccc21. The van der Waals surface area contributed by atoms with Crippen LogP contribution in [0.2, 0.25) is 0 Å². The first-order chi connectivity index (χ1) is 14.6. The van der Waals surface area contributed by atoms with Crippen LogP contribution in [0, 0.1) is 0 Å². The molecule has 0 N–H and O–H groups in total. The Labute approximate surface area is 175 Å². The molecule has 1 aromatic heterocycles. The fourth-order valence-electron chi connectivity index (χ4n) is 4.38. The Bertz CT molecular complexity index is 1290. The molecule has 0 saturated carbocycles. The molecule has 0 fully saturated rings. The zero-order valence-corrected chi connectivity index (χ0v) is 17.2. The van der Waals surface area contributed by atoms with Gasteiger partial charge in [0, 0.05) is 57.7 Å². The van der Waals surface area contributed by atoms with Crippen molar-refractivity contribution in [2.75, 3.05) is 0 Å². The molecule has 2 heterocycles. The third kappa shape index (κ3) is 2.67. The van der Waals surface area contributed by atoms with Crippen molar-refractivity contribution in [2.45, 2.75) is 39.7 Å². The molecule has 4 heteroatoms. The number of fused-ring (bicyclic) bond motifs is 2. The van der Waals surface area contributed by atoms with E-state index in [-0.39, 0.29) is 17.1 Å². The van der Waals surface area contributed by atoms with Crippen LogP contribution in [0.3, 0.4) is 0 Å².